The Morgan fingerprint density at radius 2 is 2.06 bits per heavy atom. The summed E-state index contributed by atoms with van der Waals surface area (Å²) >= 11 is 0. The molecule has 0 saturated heterocycles. The third kappa shape index (κ3) is 2.07. The van der Waals surface area contributed by atoms with Gasteiger partial charge in [-0.3, -0.25) is 0 Å². The second kappa shape index (κ2) is 4.82. The molecule has 0 N–H and O–H groups in total. The minimum absolute atomic E-state index is 0.395. The molecule has 0 saturated carbocycles. The number of methoxy groups -OCH3 is 2. The molecule has 0 aromatic carbocycles. The van der Waals surface area contributed by atoms with E-state index in [0.29, 0.717) is 6.20 Å². The SMILES string of the molecule is COC(=O)c1c(OC)ncc(C(F)F)c1F. The molecule has 0 unspecified atom stereocenters. The number of carbonyl (C=O) groups is 1. The van der Waals surface area contributed by atoms with Gasteiger partial charge in [-0.1, -0.05) is 0 Å². The van der Waals surface area contributed by atoms with Crippen LogP contribution in [-0.2, 0) is 4.74 Å². The summed E-state index contributed by atoms with van der Waals surface area (Å²) < 4.78 is 47.0. The van der Waals surface area contributed by atoms with E-state index >= 15 is 0 Å². The van der Waals surface area contributed by atoms with Crippen LogP contribution in [0.3, 0.4) is 0 Å². The number of carbonyl (C=O) groups excluding carboxylic acids is 1. The van der Waals surface area contributed by atoms with E-state index in [2.05, 4.69) is 14.5 Å². The number of alkyl halides is 2. The normalized spacial score (nSPS) is 10.4. The second-order valence-electron chi connectivity index (χ2n) is 2.70. The zero-order valence-corrected chi connectivity index (χ0v) is 8.46. The number of hydrogen-bond donors (Lipinski definition) is 0. The first-order valence-corrected chi connectivity index (χ1v) is 4.11. The fourth-order valence-electron chi connectivity index (χ4n) is 1.07. The fourth-order valence-corrected chi connectivity index (χ4v) is 1.07. The third-order valence-corrected chi connectivity index (χ3v) is 1.83. The highest BCUT2D eigenvalue weighted by molar-refractivity contribution is 5.92. The first-order valence-electron chi connectivity index (χ1n) is 4.11. The smallest absolute Gasteiger partial charge is 0.346 e. The predicted molar refractivity (Wildman–Crippen MR) is 47.0 cm³/mol. The molecule has 0 fully saturated rings. The molecule has 16 heavy (non-hydrogen) atoms. The molecule has 7 heteroatoms. The summed E-state index contributed by atoms with van der Waals surface area (Å²) in [4.78, 5) is 14.6. The number of hydrogen-bond acceptors (Lipinski definition) is 4. The van der Waals surface area contributed by atoms with Crippen molar-refractivity contribution in [3.63, 3.8) is 0 Å². The molecule has 1 aromatic heterocycles. The zero-order chi connectivity index (χ0) is 12.3. The summed E-state index contributed by atoms with van der Waals surface area (Å²) in [6.45, 7) is 0. The Morgan fingerprint density at radius 3 is 2.50 bits per heavy atom. The van der Waals surface area contributed by atoms with Gasteiger partial charge in [0.2, 0.25) is 5.88 Å². The quantitative estimate of drug-likeness (QED) is 0.751. The van der Waals surface area contributed by atoms with Gasteiger partial charge in [-0.15, -0.1) is 0 Å². The van der Waals surface area contributed by atoms with Crippen LogP contribution in [0.5, 0.6) is 5.88 Å². The lowest BCUT2D eigenvalue weighted by molar-refractivity contribution is 0.0588. The topological polar surface area (TPSA) is 48.4 Å². The molecule has 0 amide bonds. The van der Waals surface area contributed by atoms with Crippen molar-refractivity contribution in [2.24, 2.45) is 0 Å². The monoisotopic (exact) mass is 235 g/mol. The van der Waals surface area contributed by atoms with Crippen LogP contribution in [0.1, 0.15) is 22.3 Å². The van der Waals surface area contributed by atoms with Crippen molar-refractivity contribution in [1.29, 1.82) is 0 Å². The molecule has 0 aliphatic heterocycles. The minimum atomic E-state index is -3.07. The highest BCUT2D eigenvalue weighted by Gasteiger charge is 2.26. The van der Waals surface area contributed by atoms with Gasteiger partial charge in [0.1, 0.15) is 0 Å². The van der Waals surface area contributed by atoms with Crippen LogP contribution in [0.4, 0.5) is 13.2 Å². The van der Waals surface area contributed by atoms with Gasteiger partial charge < -0.3 is 9.47 Å². The lowest BCUT2D eigenvalue weighted by atomic mass is 10.2. The van der Waals surface area contributed by atoms with E-state index in [4.69, 9.17) is 0 Å². The Kier molecular flexibility index (Phi) is 3.70. The number of halogens is 3. The molecule has 1 rings (SSSR count). The van der Waals surface area contributed by atoms with E-state index in [1.807, 2.05) is 0 Å². The van der Waals surface area contributed by atoms with Crippen LogP contribution in [0, 0.1) is 5.82 Å². The van der Waals surface area contributed by atoms with Crippen molar-refractivity contribution in [3.8, 4) is 5.88 Å². The Hall–Kier alpha value is -1.79. The number of aromatic nitrogens is 1. The van der Waals surface area contributed by atoms with Crippen LogP contribution < -0.4 is 4.74 Å². The highest BCUT2D eigenvalue weighted by atomic mass is 19.3. The molecule has 0 bridgehead atoms. The van der Waals surface area contributed by atoms with E-state index in [1.54, 1.807) is 0 Å². The lowest BCUT2D eigenvalue weighted by Gasteiger charge is -2.09. The fraction of sp³-hybridized carbons (Fsp3) is 0.333. The van der Waals surface area contributed by atoms with Crippen molar-refractivity contribution >= 4 is 5.97 Å². The van der Waals surface area contributed by atoms with Crippen LogP contribution in [0.15, 0.2) is 6.20 Å². The van der Waals surface area contributed by atoms with Gasteiger partial charge in [0.05, 0.1) is 19.8 Å². The maximum absolute atomic E-state index is 13.5. The maximum Gasteiger partial charge on any atom is 0.346 e. The standard InChI is InChI=1S/C9H8F3NO3/c1-15-8-5(9(14)16-2)6(10)4(3-13-8)7(11)12/h3,7H,1-2H3. The van der Waals surface area contributed by atoms with Gasteiger partial charge in [0, 0.05) is 6.20 Å². The summed E-state index contributed by atoms with van der Waals surface area (Å²) in [7, 11) is 2.13. The first kappa shape index (κ1) is 12.3. The molecule has 88 valence electrons. The average Bonchev–Trinajstić information content (AvgIpc) is 2.26. The van der Waals surface area contributed by atoms with Crippen molar-refractivity contribution in [2.75, 3.05) is 14.2 Å². The Morgan fingerprint density at radius 1 is 1.44 bits per heavy atom. The van der Waals surface area contributed by atoms with Gasteiger partial charge in [-0.05, 0) is 0 Å². The number of nitrogens with zero attached hydrogens (tertiary/aromatic N) is 1. The molecule has 0 radical (unpaired) electrons. The summed E-state index contributed by atoms with van der Waals surface area (Å²) in [5, 5.41) is 0. The molecule has 1 aromatic rings. The Bertz CT molecular complexity index is 409. The van der Waals surface area contributed by atoms with Crippen LogP contribution in [0.25, 0.3) is 0 Å². The van der Waals surface area contributed by atoms with Gasteiger partial charge in [-0.2, -0.15) is 0 Å². The molecule has 0 atom stereocenters. The molecular formula is C9H8F3NO3. The lowest BCUT2D eigenvalue weighted by Crippen LogP contribution is -2.11. The van der Waals surface area contributed by atoms with E-state index < -0.39 is 35.2 Å². The minimum Gasteiger partial charge on any atom is -0.480 e. The van der Waals surface area contributed by atoms with Crippen molar-refractivity contribution in [1.82, 2.24) is 4.98 Å². The van der Waals surface area contributed by atoms with Crippen molar-refractivity contribution < 1.29 is 27.4 Å². The maximum atomic E-state index is 13.5. The third-order valence-electron chi connectivity index (χ3n) is 1.83. The zero-order valence-electron chi connectivity index (χ0n) is 8.46. The van der Waals surface area contributed by atoms with Gasteiger partial charge >= 0.3 is 5.97 Å². The Balaban J connectivity index is 3.40. The van der Waals surface area contributed by atoms with E-state index in [0.717, 1.165) is 14.2 Å². The van der Waals surface area contributed by atoms with Crippen LogP contribution in [-0.4, -0.2) is 25.2 Å². The second-order valence-corrected chi connectivity index (χ2v) is 2.70. The van der Waals surface area contributed by atoms with Gasteiger partial charge in [-0.25, -0.2) is 22.9 Å². The van der Waals surface area contributed by atoms with Gasteiger partial charge in [0.15, 0.2) is 11.4 Å². The average molecular weight is 235 g/mol. The molecular weight excluding hydrogens is 227 g/mol. The number of rotatable bonds is 3. The van der Waals surface area contributed by atoms with E-state index in [1.165, 1.54) is 0 Å². The van der Waals surface area contributed by atoms with Crippen LogP contribution >= 0.6 is 0 Å². The predicted octanol–water partition coefficient (Wildman–Crippen LogP) is 1.95. The van der Waals surface area contributed by atoms with Crippen molar-refractivity contribution in [2.45, 2.75) is 6.43 Å². The van der Waals surface area contributed by atoms with Crippen LogP contribution in [0.2, 0.25) is 0 Å². The molecule has 1 heterocycles. The first-order chi connectivity index (χ1) is 7.52. The highest BCUT2D eigenvalue weighted by Crippen LogP contribution is 2.28. The number of ether oxygens (including phenoxy) is 2. The number of pyridine rings is 1. The summed E-state index contributed by atoms with van der Waals surface area (Å²) in [6.07, 6.45) is -2.45. The number of esters is 1. The molecule has 0 aliphatic carbocycles. The Labute approximate surface area is 89.0 Å². The van der Waals surface area contributed by atoms with Crippen molar-refractivity contribution in [3.05, 3.63) is 23.1 Å². The summed E-state index contributed by atoms with van der Waals surface area (Å²) in [6, 6.07) is 0. The van der Waals surface area contributed by atoms with Gasteiger partial charge in [0.25, 0.3) is 6.43 Å². The van der Waals surface area contributed by atoms with E-state index in [-0.39, 0.29) is 0 Å². The molecule has 0 spiro atoms. The summed E-state index contributed by atoms with van der Waals surface area (Å²) in [5.41, 5.74) is -1.70. The largest absolute Gasteiger partial charge is 0.480 e. The van der Waals surface area contributed by atoms with E-state index in [9.17, 15) is 18.0 Å². The summed E-state index contributed by atoms with van der Waals surface area (Å²) in [5.74, 6) is -2.90. The molecule has 4 nitrogen and oxygen atoms in total. The molecule has 0 aliphatic rings.